The molecule has 3 N–H and O–H groups in total. The van der Waals surface area contributed by atoms with Crippen LogP contribution in [0.1, 0.15) is 5.56 Å². The molecule has 3 aromatic rings. The number of aryl methyl sites for hydroxylation is 1. The highest BCUT2D eigenvalue weighted by atomic mass is 16.1. The largest absolute Gasteiger partial charge is 0.325 e. The number of carbonyl (C=O) groups excluding carboxylic acids is 1. The van der Waals surface area contributed by atoms with Crippen molar-refractivity contribution in [1.29, 1.82) is 5.41 Å². The lowest BCUT2D eigenvalue weighted by atomic mass is 10.1. The zero-order valence-electron chi connectivity index (χ0n) is 12.6. The van der Waals surface area contributed by atoms with E-state index in [0.29, 0.717) is 6.41 Å². The van der Waals surface area contributed by atoms with Crippen LogP contribution in [0, 0.1) is 12.3 Å². The van der Waals surface area contributed by atoms with Crippen molar-refractivity contribution < 1.29 is 4.79 Å². The summed E-state index contributed by atoms with van der Waals surface area (Å²) in [4.78, 5) is 15.2. The fraction of sp³-hybridized carbons (Fsp3) is 0.0556. The molecule has 0 aliphatic heterocycles. The first kappa shape index (κ1) is 14.7. The van der Waals surface area contributed by atoms with Crippen LogP contribution in [0.25, 0.3) is 22.2 Å². The van der Waals surface area contributed by atoms with Gasteiger partial charge in [-0.05, 0) is 25.1 Å². The molecule has 23 heavy (non-hydrogen) atoms. The van der Waals surface area contributed by atoms with Crippen molar-refractivity contribution in [3.05, 3.63) is 60.2 Å². The van der Waals surface area contributed by atoms with Crippen LogP contribution in [0.15, 0.2) is 54.6 Å². The van der Waals surface area contributed by atoms with E-state index in [0.717, 1.165) is 33.4 Å². The van der Waals surface area contributed by atoms with Crippen LogP contribution in [0.3, 0.4) is 0 Å². The van der Waals surface area contributed by atoms with Crippen LogP contribution >= 0.6 is 0 Å². The standard InChI is InChI=1S/C18H16N4O/c1-12-7-8-15-14(9-12)17(22-18(19)20-11-23)10-16(21-15)13-5-3-2-4-6-13/h2-11H,1H3,(H3,19,20,21,22,23). The van der Waals surface area contributed by atoms with Gasteiger partial charge < -0.3 is 5.32 Å². The third-order valence-electron chi connectivity index (χ3n) is 3.50. The number of fused-ring (bicyclic) bond motifs is 1. The molecule has 0 unspecified atom stereocenters. The molecule has 5 heteroatoms. The number of anilines is 1. The second-order valence-corrected chi connectivity index (χ2v) is 5.20. The Morgan fingerprint density at radius 1 is 1.13 bits per heavy atom. The second kappa shape index (κ2) is 6.27. The Morgan fingerprint density at radius 2 is 1.91 bits per heavy atom. The van der Waals surface area contributed by atoms with Gasteiger partial charge in [0.1, 0.15) is 0 Å². The Kier molecular flexibility index (Phi) is 4.01. The summed E-state index contributed by atoms with van der Waals surface area (Å²) in [5, 5.41) is 13.9. The lowest BCUT2D eigenvalue weighted by molar-refractivity contribution is -0.108. The number of nitrogens with one attached hydrogen (secondary N) is 3. The number of hydrogen-bond acceptors (Lipinski definition) is 3. The maximum absolute atomic E-state index is 10.5. The third-order valence-corrected chi connectivity index (χ3v) is 3.50. The molecule has 0 aliphatic rings. The van der Waals surface area contributed by atoms with Crippen molar-refractivity contribution >= 4 is 29.0 Å². The van der Waals surface area contributed by atoms with Crippen LogP contribution in [-0.4, -0.2) is 17.4 Å². The average Bonchev–Trinajstić information content (AvgIpc) is 2.56. The van der Waals surface area contributed by atoms with E-state index in [-0.39, 0.29) is 5.96 Å². The third kappa shape index (κ3) is 3.18. The van der Waals surface area contributed by atoms with Gasteiger partial charge in [0.15, 0.2) is 5.96 Å². The van der Waals surface area contributed by atoms with Crippen molar-refractivity contribution in [2.75, 3.05) is 5.32 Å². The molecule has 0 spiro atoms. The van der Waals surface area contributed by atoms with Gasteiger partial charge >= 0.3 is 0 Å². The minimum absolute atomic E-state index is 0.0759. The van der Waals surface area contributed by atoms with Gasteiger partial charge in [-0.1, -0.05) is 42.0 Å². The molecule has 0 bridgehead atoms. The molecule has 3 rings (SSSR count). The number of hydrogen-bond donors (Lipinski definition) is 3. The number of benzene rings is 2. The normalized spacial score (nSPS) is 10.3. The number of nitrogens with zero attached hydrogens (tertiary/aromatic N) is 1. The summed E-state index contributed by atoms with van der Waals surface area (Å²) in [6.45, 7) is 2.00. The number of carbonyl (C=O) groups is 1. The van der Waals surface area contributed by atoms with Gasteiger partial charge in [-0.15, -0.1) is 0 Å². The van der Waals surface area contributed by atoms with Gasteiger partial charge in [-0.25, -0.2) is 4.98 Å². The zero-order valence-corrected chi connectivity index (χ0v) is 12.6. The van der Waals surface area contributed by atoms with E-state index in [1.165, 1.54) is 0 Å². The summed E-state index contributed by atoms with van der Waals surface area (Å²) in [5.41, 5.74) is 4.47. The Labute approximate surface area is 133 Å². The predicted molar refractivity (Wildman–Crippen MR) is 92.5 cm³/mol. The topological polar surface area (TPSA) is 77.9 Å². The number of pyridine rings is 1. The Bertz CT molecular complexity index is 875. The maximum atomic E-state index is 10.5. The molecular weight excluding hydrogens is 288 g/mol. The Balaban J connectivity index is 2.15. The molecule has 0 fully saturated rings. The van der Waals surface area contributed by atoms with Crippen molar-refractivity contribution in [3.8, 4) is 11.3 Å². The van der Waals surface area contributed by atoms with Crippen LogP contribution in [0.5, 0.6) is 0 Å². The monoisotopic (exact) mass is 304 g/mol. The highest BCUT2D eigenvalue weighted by molar-refractivity contribution is 6.04. The SMILES string of the molecule is Cc1ccc2nc(-c3ccccc3)cc(NC(=N)NC=O)c2c1. The number of guanidine groups is 1. The number of amides is 1. The molecule has 0 saturated heterocycles. The van der Waals surface area contributed by atoms with Gasteiger partial charge in [0.2, 0.25) is 6.41 Å². The van der Waals surface area contributed by atoms with E-state index in [9.17, 15) is 4.79 Å². The summed E-state index contributed by atoms with van der Waals surface area (Å²) >= 11 is 0. The van der Waals surface area contributed by atoms with Crippen LogP contribution in [0.2, 0.25) is 0 Å². The van der Waals surface area contributed by atoms with E-state index in [1.54, 1.807) is 0 Å². The highest BCUT2D eigenvalue weighted by Gasteiger charge is 2.09. The minimum Gasteiger partial charge on any atom is -0.325 e. The summed E-state index contributed by atoms with van der Waals surface area (Å²) < 4.78 is 0. The maximum Gasteiger partial charge on any atom is 0.213 e. The molecule has 0 saturated carbocycles. The Hall–Kier alpha value is -3.21. The fourth-order valence-electron chi connectivity index (χ4n) is 2.43. The predicted octanol–water partition coefficient (Wildman–Crippen LogP) is 3.30. The molecule has 5 nitrogen and oxygen atoms in total. The lowest BCUT2D eigenvalue weighted by Crippen LogP contribution is -2.28. The van der Waals surface area contributed by atoms with Gasteiger partial charge in [0, 0.05) is 10.9 Å². The molecule has 0 atom stereocenters. The van der Waals surface area contributed by atoms with Crippen LogP contribution in [-0.2, 0) is 4.79 Å². The number of rotatable bonds is 3. The van der Waals surface area contributed by atoms with Crippen molar-refractivity contribution in [3.63, 3.8) is 0 Å². The van der Waals surface area contributed by atoms with Crippen LogP contribution in [0.4, 0.5) is 5.69 Å². The molecule has 1 amide bonds. The van der Waals surface area contributed by atoms with E-state index in [2.05, 4.69) is 10.6 Å². The lowest BCUT2D eigenvalue weighted by Gasteiger charge is -2.12. The molecule has 1 aromatic heterocycles. The fourth-order valence-corrected chi connectivity index (χ4v) is 2.43. The van der Waals surface area contributed by atoms with E-state index in [4.69, 9.17) is 10.4 Å². The van der Waals surface area contributed by atoms with Gasteiger partial charge in [-0.2, -0.15) is 0 Å². The molecule has 0 radical (unpaired) electrons. The minimum atomic E-state index is -0.0759. The van der Waals surface area contributed by atoms with Crippen molar-refractivity contribution in [1.82, 2.24) is 10.3 Å². The molecule has 0 aliphatic carbocycles. The van der Waals surface area contributed by atoms with E-state index < -0.39 is 0 Å². The summed E-state index contributed by atoms with van der Waals surface area (Å²) in [5.74, 6) is -0.0759. The quantitative estimate of drug-likeness (QED) is 0.395. The van der Waals surface area contributed by atoms with Crippen molar-refractivity contribution in [2.45, 2.75) is 6.92 Å². The molecule has 2 aromatic carbocycles. The molecular formula is C18H16N4O. The van der Waals surface area contributed by atoms with Gasteiger partial charge in [0.25, 0.3) is 0 Å². The Morgan fingerprint density at radius 3 is 2.65 bits per heavy atom. The van der Waals surface area contributed by atoms with E-state index >= 15 is 0 Å². The highest BCUT2D eigenvalue weighted by Crippen LogP contribution is 2.28. The van der Waals surface area contributed by atoms with Crippen molar-refractivity contribution in [2.24, 2.45) is 0 Å². The first-order valence-corrected chi connectivity index (χ1v) is 7.20. The first-order chi connectivity index (χ1) is 11.2. The van der Waals surface area contributed by atoms with Gasteiger partial charge in [0.05, 0.1) is 16.9 Å². The van der Waals surface area contributed by atoms with Gasteiger partial charge in [-0.3, -0.25) is 15.5 Å². The second-order valence-electron chi connectivity index (χ2n) is 5.20. The first-order valence-electron chi connectivity index (χ1n) is 7.20. The summed E-state index contributed by atoms with van der Waals surface area (Å²) in [7, 11) is 0. The van der Waals surface area contributed by atoms with Crippen LogP contribution < -0.4 is 10.6 Å². The summed E-state index contributed by atoms with van der Waals surface area (Å²) in [6, 6.07) is 17.7. The molecule has 1 heterocycles. The zero-order chi connectivity index (χ0) is 16.2. The average molecular weight is 304 g/mol. The summed E-state index contributed by atoms with van der Waals surface area (Å²) in [6.07, 6.45) is 0.474. The number of aromatic nitrogens is 1. The smallest absolute Gasteiger partial charge is 0.213 e. The van der Waals surface area contributed by atoms with E-state index in [1.807, 2.05) is 61.5 Å². The molecule has 114 valence electrons.